The van der Waals surface area contributed by atoms with Crippen LogP contribution in [-0.4, -0.2) is 16.1 Å². The van der Waals surface area contributed by atoms with E-state index in [-0.39, 0.29) is 0 Å². The number of rotatable bonds is 4. The summed E-state index contributed by atoms with van der Waals surface area (Å²) >= 11 is 5.91. The zero-order chi connectivity index (χ0) is 13.8. The highest BCUT2D eigenvalue weighted by Gasteiger charge is 2.21. The minimum Gasteiger partial charge on any atom is -0.481 e. The van der Waals surface area contributed by atoms with Gasteiger partial charge >= 0.3 is 5.97 Å². The van der Waals surface area contributed by atoms with Crippen molar-refractivity contribution in [3.63, 3.8) is 0 Å². The predicted molar refractivity (Wildman–Crippen MR) is 74.5 cm³/mol. The number of carboxylic acids is 1. The molecule has 0 bridgehead atoms. The van der Waals surface area contributed by atoms with Gasteiger partial charge in [-0.15, -0.1) is 0 Å². The summed E-state index contributed by atoms with van der Waals surface area (Å²) in [4.78, 5) is 15.8. The monoisotopic (exact) mass is 275 g/mol. The molecule has 2 aromatic rings. The number of hydrogen-bond acceptors (Lipinski definition) is 2. The molecule has 0 aliphatic heterocycles. The second-order valence-electron chi connectivity index (χ2n) is 4.42. The Morgan fingerprint density at radius 2 is 2.05 bits per heavy atom. The van der Waals surface area contributed by atoms with E-state index >= 15 is 0 Å². The Labute approximate surface area is 116 Å². The molecule has 0 saturated carbocycles. The molecule has 98 valence electrons. The number of aromatic nitrogens is 1. The lowest BCUT2D eigenvalue weighted by Crippen LogP contribution is -2.15. The largest absolute Gasteiger partial charge is 0.481 e. The number of benzene rings is 1. The van der Waals surface area contributed by atoms with Crippen molar-refractivity contribution in [2.45, 2.75) is 19.3 Å². The number of carbonyl (C=O) groups is 1. The van der Waals surface area contributed by atoms with Crippen LogP contribution in [0.25, 0.3) is 0 Å². The summed E-state index contributed by atoms with van der Waals surface area (Å²) in [6.07, 6.45) is 0.358. The van der Waals surface area contributed by atoms with Gasteiger partial charge in [-0.25, -0.2) is 0 Å². The number of pyridine rings is 1. The van der Waals surface area contributed by atoms with Crippen molar-refractivity contribution in [1.29, 1.82) is 0 Å². The summed E-state index contributed by atoms with van der Waals surface area (Å²) in [5.41, 5.74) is 2.35. The third-order valence-electron chi connectivity index (χ3n) is 2.91. The molecule has 0 saturated heterocycles. The molecule has 1 atom stereocenters. The second kappa shape index (κ2) is 5.85. The summed E-state index contributed by atoms with van der Waals surface area (Å²) in [7, 11) is 0. The lowest BCUT2D eigenvalue weighted by atomic mass is 9.94. The fourth-order valence-corrected chi connectivity index (χ4v) is 2.19. The first-order valence-corrected chi connectivity index (χ1v) is 6.35. The molecule has 0 fully saturated rings. The molecule has 4 heteroatoms. The van der Waals surface area contributed by atoms with Crippen molar-refractivity contribution < 1.29 is 9.90 Å². The number of aliphatic carboxylic acids is 1. The number of aryl methyl sites for hydroxylation is 1. The first-order chi connectivity index (χ1) is 9.06. The number of nitrogens with zero attached hydrogens (tertiary/aromatic N) is 1. The first kappa shape index (κ1) is 13.6. The van der Waals surface area contributed by atoms with Crippen LogP contribution >= 0.6 is 11.6 Å². The van der Waals surface area contributed by atoms with Crippen molar-refractivity contribution >= 4 is 17.6 Å². The topological polar surface area (TPSA) is 50.2 Å². The maximum Gasteiger partial charge on any atom is 0.311 e. The number of carboxylic acid groups (broad SMARTS) is 1. The van der Waals surface area contributed by atoms with Crippen molar-refractivity contribution in [3.8, 4) is 0 Å². The average molecular weight is 276 g/mol. The van der Waals surface area contributed by atoms with Crippen molar-refractivity contribution in [2.24, 2.45) is 0 Å². The lowest BCUT2D eigenvalue weighted by Gasteiger charge is -2.13. The van der Waals surface area contributed by atoms with E-state index in [1.807, 2.05) is 25.1 Å². The van der Waals surface area contributed by atoms with Gasteiger partial charge in [0.05, 0.1) is 5.92 Å². The van der Waals surface area contributed by atoms with Crippen molar-refractivity contribution in [2.75, 3.05) is 0 Å². The molecule has 0 aliphatic rings. The third kappa shape index (κ3) is 3.55. The molecule has 19 heavy (non-hydrogen) atoms. The van der Waals surface area contributed by atoms with Gasteiger partial charge in [-0.2, -0.15) is 0 Å². The highest BCUT2D eigenvalue weighted by atomic mass is 35.5. The Morgan fingerprint density at radius 1 is 1.32 bits per heavy atom. The second-order valence-corrected chi connectivity index (χ2v) is 4.86. The smallest absolute Gasteiger partial charge is 0.311 e. The van der Waals surface area contributed by atoms with Gasteiger partial charge in [-0.3, -0.25) is 9.78 Å². The Kier molecular flexibility index (Phi) is 4.17. The van der Waals surface area contributed by atoms with Crippen LogP contribution in [0.2, 0.25) is 5.02 Å². The molecule has 1 heterocycles. The Hall–Kier alpha value is -1.87. The number of hydrogen-bond donors (Lipinski definition) is 1. The lowest BCUT2D eigenvalue weighted by molar-refractivity contribution is -0.138. The molecule has 3 nitrogen and oxygen atoms in total. The molecule has 1 aromatic carbocycles. The summed E-state index contributed by atoms with van der Waals surface area (Å²) in [6.45, 7) is 1.89. The predicted octanol–water partition coefficient (Wildman–Crippen LogP) is 3.45. The van der Waals surface area contributed by atoms with Gasteiger partial charge in [-0.1, -0.05) is 29.8 Å². The van der Waals surface area contributed by atoms with Crippen LogP contribution in [-0.2, 0) is 11.2 Å². The molecular weight excluding hydrogens is 262 g/mol. The normalized spacial score (nSPS) is 12.1. The van der Waals surface area contributed by atoms with Gasteiger partial charge in [0.25, 0.3) is 0 Å². The molecule has 0 amide bonds. The van der Waals surface area contributed by atoms with E-state index in [4.69, 9.17) is 11.6 Å². The fraction of sp³-hybridized carbons (Fsp3) is 0.200. The van der Waals surface area contributed by atoms with E-state index in [2.05, 4.69) is 4.98 Å². The standard InChI is InChI=1S/C15H14ClNO2/c1-10-4-2-7-13(17-10)9-14(15(18)19)11-5-3-6-12(16)8-11/h2-8,14H,9H2,1H3,(H,18,19). The molecule has 0 radical (unpaired) electrons. The maximum absolute atomic E-state index is 11.4. The average Bonchev–Trinajstić information content (AvgIpc) is 2.35. The minimum absolute atomic E-state index is 0.358. The summed E-state index contributed by atoms with van der Waals surface area (Å²) in [6, 6.07) is 12.6. The van der Waals surface area contributed by atoms with Crippen LogP contribution in [0.5, 0.6) is 0 Å². The van der Waals surface area contributed by atoms with Gasteiger partial charge in [0, 0.05) is 22.8 Å². The van der Waals surface area contributed by atoms with Crippen molar-refractivity contribution in [3.05, 3.63) is 64.4 Å². The molecule has 1 aromatic heterocycles. The Morgan fingerprint density at radius 3 is 2.68 bits per heavy atom. The Bertz CT molecular complexity index is 598. The number of halogens is 1. The summed E-state index contributed by atoms with van der Waals surface area (Å²) < 4.78 is 0. The van der Waals surface area contributed by atoms with E-state index in [0.29, 0.717) is 17.0 Å². The van der Waals surface area contributed by atoms with Gasteiger partial charge in [0.2, 0.25) is 0 Å². The Balaban J connectivity index is 2.29. The maximum atomic E-state index is 11.4. The summed E-state index contributed by atoms with van der Waals surface area (Å²) in [5, 5.41) is 9.92. The molecule has 0 aliphatic carbocycles. The fourth-order valence-electron chi connectivity index (χ4n) is 1.99. The van der Waals surface area contributed by atoms with Crippen molar-refractivity contribution in [1.82, 2.24) is 4.98 Å². The van der Waals surface area contributed by atoms with Gasteiger partial charge in [0.15, 0.2) is 0 Å². The van der Waals surface area contributed by atoms with Crippen LogP contribution in [0, 0.1) is 6.92 Å². The molecule has 2 rings (SSSR count). The molecular formula is C15H14ClNO2. The van der Waals surface area contributed by atoms with Crippen LogP contribution in [0.3, 0.4) is 0 Å². The minimum atomic E-state index is -0.870. The van der Waals surface area contributed by atoms with Crippen LogP contribution in [0.15, 0.2) is 42.5 Å². The zero-order valence-electron chi connectivity index (χ0n) is 10.5. The van der Waals surface area contributed by atoms with Crippen LogP contribution in [0.1, 0.15) is 22.9 Å². The zero-order valence-corrected chi connectivity index (χ0v) is 11.3. The SMILES string of the molecule is Cc1cccc(CC(C(=O)O)c2cccc(Cl)c2)n1. The van der Waals surface area contributed by atoms with E-state index in [9.17, 15) is 9.90 Å². The van der Waals surface area contributed by atoms with E-state index < -0.39 is 11.9 Å². The third-order valence-corrected chi connectivity index (χ3v) is 3.14. The quantitative estimate of drug-likeness (QED) is 0.930. The van der Waals surface area contributed by atoms with Gasteiger partial charge < -0.3 is 5.11 Å². The summed E-state index contributed by atoms with van der Waals surface area (Å²) in [5.74, 6) is -1.50. The van der Waals surface area contributed by atoms with Gasteiger partial charge in [0.1, 0.15) is 0 Å². The van der Waals surface area contributed by atoms with E-state index in [1.54, 1.807) is 24.3 Å². The highest BCUT2D eigenvalue weighted by Crippen LogP contribution is 2.23. The first-order valence-electron chi connectivity index (χ1n) is 5.97. The highest BCUT2D eigenvalue weighted by molar-refractivity contribution is 6.30. The van der Waals surface area contributed by atoms with E-state index in [0.717, 1.165) is 11.4 Å². The molecule has 1 N–H and O–H groups in total. The van der Waals surface area contributed by atoms with Crippen LogP contribution in [0.4, 0.5) is 0 Å². The van der Waals surface area contributed by atoms with Gasteiger partial charge in [-0.05, 0) is 36.8 Å². The molecule has 1 unspecified atom stereocenters. The van der Waals surface area contributed by atoms with E-state index in [1.165, 1.54) is 0 Å². The van der Waals surface area contributed by atoms with Crippen LogP contribution < -0.4 is 0 Å². The molecule has 0 spiro atoms.